The summed E-state index contributed by atoms with van der Waals surface area (Å²) >= 11 is 1.36. The quantitative estimate of drug-likeness (QED) is 0.880. The van der Waals surface area contributed by atoms with Gasteiger partial charge in [0.1, 0.15) is 0 Å². The number of rotatable bonds is 3. The number of aromatic nitrogens is 1. The second-order valence-electron chi connectivity index (χ2n) is 4.91. The average molecular weight is 268 g/mol. The van der Waals surface area contributed by atoms with Gasteiger partial charge >= 0.3 is 5.97 Å². The highest BCUT2D eigenvalue weighted by molar-refractivity contribution is 7.13. The molecule has 0 aliphatic heterocycles. The number of aliphatic carboxylic acids is 1. The van der Waals surface area contributed by atoms with Gasteiger partial charge < -0.3 is 10.4 Å². The second-order valence-corrected chi connectivity index (χ2v) is 5.77. The molecule has 0 saturated heterocycles. The Labute approximate surface area is 109 Å². The Balaban J connectivity index is 2.06. The van der Waals surface area contributed by atoms with Crippen LogP contribution in [-0.2, 0) is 9.59 Å². The van der Waals surface area contributed by atoms with Crippen LogP contribution < -0.4 is 5.32 Å². The molecule has 1 aliphatic rings. The zero-order chi connectivity index (χ0) is 13.3. The largest absolute Gasteiger partial charge is 0.481 e. The Bertz CT molecular complexity index is 472. The monoisotopic (exact) mass is 268 g/mol. The van der Waals surface area contributed by atoms with Gasteiger partial charge in [0.25, 0.3) is 0 Å². The Hall–Kier alpha value is -1.43. The number of nitrogens with zero attached hydrogens (tertiary/aromatic N) is 1. The van der Waals surface area contributed by atoms with Crippen LogP contribution in [0.25, 0.3) is 0 Å². The standard InChI is InChI=1S/C12H16N2O3S/c1-6-3-8(9(4-6)11(16)17)10(15)14-12-13-7(2)5-18-12/h5-6,8-9H,3-4H2,1-2H3,(H,16,17)(H,13,14,15). The third-order valence-electron chi connectivity index (χ3n) is 3.30. The highest BCUT2D eigenvalue weighted by Gasteiger charge is 2.41. The van der Waals surface area contributed by atoms with Crippen LogP contribution in [0.2, 0.25) is 0 Å². The van der Waals surface area contributed by atoms with Gasteiger partial charge in [-0.05, 0) is 25.7 Å². The molecule has 0 radical (unpaired) electrons. The molecular weight excluding hydrogens is 252 g/mol. The van der Waals surface area contributed by atoms with Crippen LogP contribution in [0.1, 0.15) is 25.5 Å². The summed E-state index contributed by atoms with van der Waals surface area (Å²) in [5.74, 6) is -1.83. The topological polar surface area (TPSA) is 79.3 Å². The van der Waals surface area contributed by atoms with Crippen LogP contribution in [0.3, 0.4) is 0 Å². The predicted octanol–water partition coefficient (Wildman–Crippen LogP) is 2.14. The molecule has 2 N–H and O–H groups in total. The lowest BCUT2D eigenvalue weighted by atomic mass is 9.95. The first kappa shape index (κ1) is 13.0. The van der Waals surface area contributed by atoms with Crippen LogP contribution in [-0.4, -0.2) is 22.0 Å². The van der Waals surface area contributed by atoms with Gasteiger partial charge in [0.2, 0.25) is 5.91 Å². The molecule has 0 bridgehead atoms. The number of amides is 1. The van der Waals surface area contributed by atoms with E-state index >= 15 is 0 Å². The fourth-order valence-corrected chi connectivity index (χ4v) is 3.16. The molecule has 18 heavy (non-hydrogen) atoms. The Morgan fingerprint density at radius 1 is 1.44 bits per heavy atom. The zero-order valence-corrected chi connectivity index (χ0v) is 11.2. The molecule has 5 nitrogen and oxygen atoms in total. The summed E-state index contributed by atoms with van der Waals surface area (Å²) in [4.78, 5) is 27.4. The van der Waals surface area contributed by atoms with Crippen molar-refractivity contribution in [1.82, 2.24) is 4.98 Å². The van der Waals surface area contributed by atoms with Crippen LogP contribution >= 0.6 is 11.3 Å². The third kappa shape index (κ3) is 2.69. The van der Waals surface area contributed by atoms with Crippen molar-refractivity contribution in [3.05, 3.63) is 11.1 Å². The van der Waals surface area contributed by atoms with Crippen molar-refractivity contribution < 1.29 is 14.7 Å². The molecule has 1 aromatic heterocycles. The van der Waals surface area contributed by atoms with E-state index < -0.39 is 17.8 Å². The molecule has 1 saturated carbocycles. The van der Waals surface area contributed by atoms with E-state index in [1.807, 2.05) is 19.2 Å². The number of carboxylic acids is 1. The van der Waals surface area contributed by atoms with E-state index in [9.17, 15) is 9.59 Å². The van der Waals surface area contributed by atoms with Gasteiger partial charge in [-0.15, -0.1) is 11.3 Å². The van der Waals surface area contributed by atoms with E-state index in [1.165, 1.54) is 11.3 Å². The number of anilines is 1. The summed E-state index contributed by atoms with van der Waals surface area (Å²) in [6.45, 7) is 3.83. The molecule has 0 spiro atoms. The maximum Gasteiger partial charge on any atom is 0.307 e. The van der Waals surface area contributed by atoms with Crippen molar-refractivity contribution in [3.63, 3.8) is 0 Å². The van der Waals surface area contributed by atoms with Crippen molar-refractivity contribution in [1.29, 1.82) is 0 Å². The van der Waals surface area contributed by atoms with Crippen molar-refractivity contribution in [2.24, 2.45) is 17.8 Å². The van der Waals surface area contributed by atoms with Gasteiger partial charge in [0.15, 0.2) is 5.13 Å². The van der Waals surface area contributed by atoms with Gasteiger partial charge in [-0.3, -0.25) is 9.59 Å². The molecule has 98 valence electrons. The summed E-state index contributed by atoms with van der Waals surface area (Å²) in [7, 11) is 0. The Morgan fingerprint density at radius 3 is 2.67 bits per heavy atom. The van der Waals surface area contributed by atoms with E-state index in [0.717, 1.165) is 5.69 Å². The Morgan fingerprint density at radius 2 is 2.11 bits per heavy atom. The number of nitrogens with one attached hydrogen (secondary N) is 1. The lowest BCUT2D eigenvalue weighted by Crippen LogP contribution is -2.29. The zero-order valence-electron chi connectivity index (χ0n) is 10.3. The fourth-order valence-electron chi connectivity index (χ4n) is 2.46. The van der Waals surface area contributed by atoms with Gasteiger partial charge in [0.05, 0.1) is 17.5 Å². The normalized spacial score (nSPS) is 27.1. The number of aryl methyl sites for hydroxylation is 1. The van der Waals surface area contributed by atoms with Crippen LogP contribution in [0.5, 0.6) is 0 Å². The highest BCUT2D eigenvalue weighted by atomic mass is 32.1. The fraction of sp³-hybridized carbons (Fsp3) is 0.583. The molecule has 2 rings (SSSR count). The number of hydrogen-bond acceptors (Lipinski definition) is 4. The van der Waals surface area contributed by atoms with Gasteiger partial charge in [0, 0.05) is 5.38 Å². The molecule has 3 atom stereocenters. The SMILES string of the molecule is Cc1csc(NC(=O)C2CC(C)CC2C(=O)O)n1. The predicted molar refractivity (Wildman–Crippen MR) is 68.5 cm³/mol. The summed E-state index contributed by atoms with van der Waals surface area (Å²) in [6.07, 6.45) is 1.21. The molecular formula is C12H16N2O3S. The van der Waals surface area contributed by atoms with E-state index in [4.69, 9.17) is 5.11 Å². The van der Waals surface area contributed by atoms with Crippen molar-refractivity contribution in [3.8, 4) is 0 Å². The third-order valence-corrected chi connectivity index (χ3v) is 4.18. The summed E-state index contributed by atoms with van der Waals surface area (Å²) < 4.78 is 0. The van der Waals surface area contributed by atoms with E-state index in [1.54, 1.807) is 0 Å². The van der Waals surface area contributed by atoms with Crippen molar-refractivity contribution in [2.45, 2.75) is 26.7 Å². The highest BCUT2D eigenvalue weighted by Crippen LogP contribution is 2.37. The minimum atomic E-state index is -0.880. The van der Waals surface area contributed by atoms with Gasteiger partial charge in [-0.1, -0.05) is 6.92 Å². The summed E-state index contributed by atoms with van der Waals surface area (Å²) in [5.41, 5.74) is 0.852. The van der Waals surface area contributed by atoms with Gasteiger partial charge in [-0.2, -0.15) is 0 Å². The number of carbonyl (C=O) groups excluding carboxylic acids is 1. The molecule has 1 amide bonds. The van der Waals surface area contributed by atoms with E-state index in [0.29, 0.717) is 18.0 Å². The molecule has 1 aliphatic carbocycles. The molecule has 6 heteroatoms. The lowest BCUT2D eigenvalue weighted by Gasteiger charge is -2.14. The number of thiazole rings is 1. The first-order valence-corrected chi connectivity index (χ1v) is 6.81. The van der Waals surface area contributed by atoms with Crippen molar-refractivity contribution in [2.75, 3.05) is 5.32 Å². The molecule has 1 aromatic rings. The number of carbonyl (C=O) groups is 2. The molecule has 0 aromatic carbocycles. The summed E-state index contributed by atoms with van der Waals surface area (Å²) in [6, 6.07) is 0. The van der Waals surface area contributed by atoms with Crippen LogP contribution in [0.4, 0.5) is 5.13 Å². The summed E-state index contributed by atoms with van der Waals surface area (Å²) in [5, 5.41) is 14.2. The number of carboxylic acid groups (broad SMARTS) is 1. The Kier molecular flexibility index (Phi) is 3.65. The van der Waals surface area contributed by atoms with E-state index in [2.05, 4.69) is 10.3 Å². The second kappa shape index (κ2) is 5.06. The van der Waals surface area contributed by atoms with Crippen LogP contribution in [0.15, 0.2) is 5.38 Å². The van der Waals surface area contributed by atoms with Gasteiger partial charge in [-0.25, -0.2) is 4.98 Å². The van der Waals surface area contributed by atoms with Crippen LogP contribution in [0, 0.1) is 24.7 Å². The van der Waals surface area contributed by atoms with E-state index in [-0.39, 0.29) is 11.8 Å². The molecule has 1 heterocycles. The molecule has 1 fully saturated rings. The number of hydrogen-bond donors (Lipinski definition) is 2. The maximum absolute atomic E-state index is 12.1. The first-order chi connectivity index (χ1) is 8.47. The smallest absolute Gasteiger partial charge is 0.307 e. The minimum Gasteiger partial charge on any atom is -0.481 e. The molecule has 3 unspecified atom stereocenters. The first-order valence-electron chi connectivity index (χ1n) is 5.93. The average Bonchev–Trinajstić information content (AvgIpc) is 2.85. The minimum absolute atomic E-state index is 0.221. The van der Waals surface area contributed by atoms with Crippen molar-refractivity contribution >= 4 is 28.3 Å². The maximum atomic E-state index is 12.1. The lowest BCUT2D eigenvalue weighted by molar-refractivity contribution is -0.145.